The van der Waals surface area contributed by atoms with Crippen molar-refractivity contribution in [1.82, 2.24) is 10.2 Å². The van der Waals surface area contributed by atoms with Crippen molar-refractivity contribution >= 4 is 17.5 Å². The second-order valence-electron chi connectivity index (χ2n) is 7.15. The Hall–Kier alpha value is -2.04. The molecule has 2 amide bonds. The second kappa shape index (κ2) is 7.24. The molecule has 2 heterocycles. The number of carbonyl (C=O) groups is 2. The minimum atomic E-state index is -0.188. The fraction of sp³-hybridized carbons (Fsp3) is 0.579. The summed E-state index contributed by atoms with van der Waals surface area (Å²) in [6, 6.07) is 10.8. The number of likely N-dealkylation sites (tertiary alicyclic amines) is 1. The van der Waals surface area contributed by atoms with Crippen molar-refractivity contribution in [3.05, 3.63) is 30.3 Å². The summed E-state index contributed by atoms with van der Waals surface area (Å²) in [5.41, 5.74) is 1.25. The lowest BCUT2D eigenvalue weighted by atomic mass is 10.0. The molecular weight excluding hydrogens is 302 g/mol. The number of hydrogen-bond acceptors (Lipinski definition) is 3. The predicted molar refractivity (Wildman–Crippen MR) is 94.8 cm³/mol. The Kier molecular flexibility index (Phi) is 5.07. The van der Waals surface area contributed by atoms with Crippen molar-refractivity contribution in [3.63, 3.8) is 0 Å². The van der Waals surface area contributed by atoms with Gasteiger partial charge >= 0.3 is 0 Å². The lowest BCUT2D eigenvalue weighted by Gasteiger charge is -2.34. The van der Waals surface area contributed by atoms with Crippen molar-refractivity contribution in [1.29, 1.82) is 0 Å². The van der Waals surface area contributed by atoms with Gasteiger partial charge in [0.1, 0.15) is 0 Å². The van der Waals surface area contributed by atoms with Crippen LogP contribution in [0, 0.1) is 5.92 Å². The van der Waals surface area contributed by atoms with Gasteiger partial charge in [-0.05, 0) is 38.8 Å². The van der Waals surface area contributed by atoms with Crippen LogP contribution in [0.2, 0.25) is 0 Å². The van der Waals surface area contributed by atoms with Crippen LogP contribution in [0.25, 0.3) is 0 Å². The van der Waals surface area contributed by atoms with Crippen molar-refractivity contribution in [3.8, 4) is 0 Å². The summed E-state index contributed by atoms with van der Waals surface area (Å²) in [5.74, 6) is -0.0410. The van der Waals surface area contributed by atoms with Gasteiger partial charge in [0, 0.05) is 43.8 Å². The van der Waals surface area contributed by atoms with Gasteiger partial charge in [-0.1, -0.05) is 18.2 Å². The number of nitrogens with one attached hydrogen (secondary N) is 1. The Morgan fingerprint density at radius 2 is 1.83 bits per heavy atom. The SMILES string of the molecule is CC(C)N1C[C@@H](C(=O)NC2CCN(c3ccccc3)CC2)CC1=O. The molecule has 5 heteroatoms. The number of piperidine rings is 1. The summed E-state index contributed by atoms with van der Waals surface area (Å²) in [6.07, 6.45) is 2.26. The van der Waals surface area contributed by atoms with E-state index in [1.54, 1.807) is 0 Å². The van der Waals surface area contributed by atoms with E-state index in [0.29, 0.717) is 13.0 Å². The van der Waals surface area contributed by atoms with Crippen molar-refractivity contribution in [2.24, 2.45) is 5.92 Å². The molecule has 0 aromatic heterocycles. The van der Waals surface area contributed by atoms with Crippen LogP contribution in [-0.2, 0) is 9.59 Å². The standard InChI is InChI=1S/C19H27N3O2/c1-14(2)22-13-15(12-18(22)23)19(24)20-16-8-10-21(11-9-16)17-6-4-3-5-7-17/h3-7,14-16H,8-13H2,1-2H3,(H,20,24)/t15-/m0/s1. The van der Waals surface area contributed by atoms with Crippen LogP contribution in [0.3, 0.4) is 0 Å². The number of para-hydroxylation sites is 1. The summed E-state index contributed by atoms with van der Waals surface area (Å²) in [4.78, 5) is 28.6. The third-order valence-electron chi connectivity index (χ3n) is 5.12. The summed E-state index contributed by atoms with van der Waals surface area (Å²) in [5, 5.41) is 3.17. The van der Waals surface area contributed by atoms with Crippen molar-refractivity contribution < 1.29 is 9.59 Å². The summed E-state index contributed by atoms with van der Waals surface area (Å²) >= 11 is 0. The number of amides is 2. The van der Waals surface area contributed by atoms with Crippen LogP contribution in [0.4, 0.5) is 5.69 Å². The van der Waals surface area contributed by atoms with Gasteiger partial charge in [0.05, 0.1) is 5.92 Å². The minimum absolute atomic E-state index is 0.0460. The van der Waals surface area contributed by atoms with Crippen LogP contribution in [-0.4, -0.2) is 48.4 Å². The lowest BCUT2D eigenvalue weighted by Crippen LogP contribution is -2.46. The topological polar surface area (TPSA) is 52.7 Å². The van der Waals surface area contributed by atoms with Crippen molar-refractivity contribution in [2.75, 3.05) is 24.5 Å². The Morgan fingerprint density at radius 3 is 2.42 bits per heavy atom. The number of hydrogen-bond donors (Lipinski definition) is 1. The van der Waals surface area contributed by atoms with Gasteiger partial charge in [0.15, 0.2) is 0 Å². The Labute approximate surface area is 144 Å². The molecule has 130 valence electrons. The molecule has 2 saturated heterocycles. The van der Waals surface area contributed by atoms with E-state index in [9.17, 15) is 9.59 Å². The maximum absolute atomic E-state index is 12.5. The van der Waals surface area contributed by atoms with Crippen molar-refractivity contribution in [2.45, 2.75) is 45.2 Å². The molecule has 0 aliphatic carbocycles. The number of benzene rings is 1. The number of carbonyl (C=O) groups excluding carboxylic acids is 2. The highest BCUT2D eigenvalue weighted by atomic mass is 16.2. The largest absolute Gasteiger partial charge is 0.371 e. The van der Waals surface area contributed by atoms with Crippen LogP contribution >= 0.6 is 0 Å². The molecule has 2 fully saturated rings. The van der Waals surface area contributed by atoms with Gasteiger partial charge in [0.2, 0.25) is 11.8 Å². The summed E-state index contributed by atoms with van der Waals surface area (Å²) in [7, 11) is 0. The van der Waals surface area contributed by atoms with Gasteiger partial charge in [-0.25, -0.2) is 0 Å². The van der Waals surface area contributed by atoms with E-state index in [1.807, 2.05) is 24.8 Å². The number of anilines is 1. The van der Waals surface area contributed by atoms with E-state index in [4.69, 9.17) is 0 Å². The van der Waals surface area contributed by atoms with Crippen LogP contribution in [0.15, 0.2) is 30.3 Å². The van der Waals surface area contributed by atoms with E-state index < -0.39 is 0 Å². The molecule has 0 radical (unpaired) electrons. The van der Waals surface area contributed by atoms with E-state index in [1.165, 1.54) is 5.69 Å². The molecule has 0 spiro atoms. The first-order chi connectivity index (χ1) is 11.5. The van der Waals surface area contributed by atoms with Gasteiger partial charge in [-0.15, -0.1) is 0 Å². The normalized spacial score (nSPS) is 22.3. The average molecular weight is 329 g/mol. The van der Waals surface area contributed by atoms with Crippen LogP contribution in [0.5, 0.6) is 0 Å². The smallest absolute Gasteiger partial charge is 0.225 e. The Balaban J connectivity index is 1.48. The maximum atomic E-state index is 12.5. The Bertz CT molecular complexity index is 580. The third-order valence-corrected chi connectivity index (χ3v) is 5.12. The molecular formula is C19H27N3O2. The molecule has 24 heavy (non-hydrogen) atoms. The fourth-order valence-electron chi connectivity index (χ4n) is 3.65. The predicted octanol–water partition coefficient (Wildman–Crippen LogP) is 2.03. The van der Waals surface area contributed by atoms with Gasteiger partial charge < -0.3 is 15.1 Å². The number of rotatable bonds is 4. The molecule has 1 aromatic rings. The van der Waals surface area contributed by atoms with E-state index >= 15 is 0 Å². The quantitative estimate of drug-likeness (QED) is 0.919. The van der Waals surface area contributed by atoms with Crippen LogP contribution in [0.1, 0.15) is 33.1 Å². The first-order valence-electron chi connectivity index (χ1n) is 8.94. The molecule has 3 rings (SSSR count). The zero-order chi connectivity index (χ0) is 17.1. The van der Waals surface area contributed by atoms with E-state index in [2.05, 4.69) is 34.5 Å². The van der Waals surface area contributed by atoms with Gasteiger partial charge in [-0.3, -0.25) is 9.59 Å². The third kappa shape index (κ3) is 3.71. The highest BCUT2D eigenvalue weighted by molar-refractivity contribution is 5.89. The fourth-order valence-corrected chi connectivity index (χ4v) is 3.65. The molecule has 1 N–H and O–H groups in total. The maximum Gasteiger partial charge on any atom is 0.225 e. The molecule has 1 aromatic carbocycles. The summed E-state index contributed by atoms with van der Waals surface area (Å²) < 4.78 is 0. The highest BCUT2D eigenvalue weighted by Crippen LogP contribution is 2.22. The summed E-state index contributed by atoms with van der Waals surface area (Å²) in [6.45, 7) is 6.47. The molecule has 5 nitrogen and oxygen atoms in total. The van der Waals surface area contributed by atoms with E-state index in [0.717, 1.165) is 25.9 Å². The zero-order valence-electron chi connectivity index (χ0n) is 14.6. The minimum Gasteiger partial charge on any atom is -0.371 e. The highest BCUT2D eigenvalue weighted by Gasteiger charge is 2.36. The lowest BCUT2D eigenvalue weighted by molar-refractivity contribution is -0.130. The first-order valence-corrected chi connectivity index (χ1v) is 8.94. The monoisotopic (exact) mass is 329 g/mol. The van der Waals surface area contributed by atoms with E-state index in [-0.39, 0.29) is 29.8 Å². The second-order valence-corrected chi connectivity index (χ2v) is 7.15. The molecule has 0 unspecified atom stereocenters. The molecule has 0 saturated carbocycles. The van der Waals surface area contributed by atoms with Crippen LogP contribution < -0.4 is 10.2 Å². The zero-order valence-corrected chi connectivity index (χ0v) is 14.6. The molecule has 2 aliphatic rings. The molecule has 0 bridgehead atoms. The Morgan fingerprint density at radius 1 is 1.17 bits per heavy atom. The molecule has 1 atom stereocenters. The van der Waals surface area contributed by atoms with Gasteiger partial charge in [0.25, 0.3) is 0 Å². The van der Waals surface area contributed by atoms with Gasteiger partial charge in [-0.2, -0.15) is 0 Å². The average Bonchev–Trinajstić information content (AvgIpc) is 2.99. The number of nitrogens with zero attached hydrogens (tertiary/aromatic N) is 2. The first kappa shape index (κ1) is 16.8. The molecule has 2 aliphatic heterocycles.